The average Bonchev–Trinajstić information content (AvgIpc) is 2.64. The van der Waals surface area contributed by atoms with E-state index in [9.17, 15) is 0 Å². The summed E-state index contributed by atoms with van der Waals surface area (Å²) in [6.07, 6.45) is 1.89. The molecule has 3 heteroatoms. The third-order valence-electron chi connectivity index (χ3n) is 2.01. The molecule has 0 atom stereocenters. The minimum atomic E-state index is 0.652. The fraction of sp³-hybridized carbons (Fsp3) is 0. The van der Waals surface area contributed by atoms with E-state index in [1.807, 2.05) is 41.1 Å². The highest BCUT2D eigenvalue weighted by Gasteiger charge is 2.04. The molecule has 0 radical (unpaired) electrons. The van der Waals surface area contributed by atoms with Gasteiger partial charge in [-0.1, -0.05) is 12.1 Å². The molecule has 0 aliphatic rings. The summed E-state index contributed by atoms with van der Waals surface area (Å²) in [6.45, 7) is 0. The summed E-state index contributed by atoms with van der Waals surface area (Å²) in [5.74, 6) is 0. The van der Waals surface area contributed by atoms with E-state index in [-0.39, 0.29) is 0 Å². The Bertz CT molecular complexity index is 494. The third kappa shape index (κ3) is 1.40. The average molecular weight is 200 g/mol. The minimum Gasteiger partial charge on any atom is -0.311 e. The largest absolute Gasteiger partial charge is 0.311 e. The molecule has 0 bridgehead atoms. The van der Waals surface area contributed by atoms with Crippen molar-refractivity contribution in [2.75, 3.05) is 0 Å². The van der Waals surface area contributed by atoms with Gasteiger partial charge in [0, 0.05) is 6.20 Å². The molecule has 0 aliphatic heterocycles. The number of aromatic nitrogens is 1. The number of hydrogen-bond donors (Lipinski definition) is 1. The van der Waals surface area contributed by atoms with Gasteiger partial charge in [-0.2, -0.15) is 5.26 Å². The molecule has 0 unspecified atom stereocenters. The Kier molecular flexibility index (Phi) is 2.30. The number of nitrogens with zero attached hydrogens (tertiary/aromatic N) is 2. The lowest BCUT2D eigenvalue weighted by atomic mass is 10.2. The Balaban J connectivity index is 2.64. The lowest BCUT2D eigenvalue weighted by Gasteiger charge is -2.06. The summed E-state index contributed by atoms with van der Waals surface area (Å²) in [5.41, 5.74) is 1.52. The molecule has 0 amide bonds. The molecule has 68 valence electrons. The van der Waals surface area contributed by atoms with Crippen LogP contribution in [0, 0.1) is 11.3 Å². The van der Waals surface area contributed by atoms with Crippen LogP contribution in [0.2, 0.25) is 0 Å². The number of nitriles is 1. The molecule has 0 saturated carbocycles. The van der Waals surface area contributed by atoms with Crippen LogP contribution < -0.4 is 0 Å². The van der Waals surface area contributed by atoms with E-state index < -0.39 is 0 Å². The van der Waals surface area contributed by atoms with E-state index in [0.29, 0.717) is 5.56 Å². The Labute approximate surface area is 87.8 Å². The molecule has 1 heterocycles. The van der Waals surface area contributed by atoms with Crippen LogP contribution in [0.1, 0.15) is 5.56 Å². The summed E-state index contributed by atoms with van der Waals surface area (Å²) in [5, 5.41) is 9.75. The Morgan fingerprint density at radius 3 is 2.57 bits per heavy atom. The van der Waals surface area contributed by atoms with Crippen molar-refractivity contribution < 1.29 is 0 Å². The molecular weight excluding hydrogens is 192 g/mol. The molecule has 0 N–H and O–H groups in total. The maximum atomic E-state index is 8.92. The van der Waals surface area contributed by atoms with Crippen molar-refractivity contribution in [2.24, 2.45) is 0 Å². The first-order valence-electron chi connectivity index (χ1n) is 4.19. The highest BCUT2D eigenvalue weighted by molar-refractivity contribution is 7.80. The van der Waals surface area contributed by atoms with Crippen molar-refractivity contribution in [1.29, 1.82) is 5.26 Å². The Morgan fingerprint density at radius 2 is 1.93 bits per heavy atom. The molecule has 0 aliphatic carbocycles. The molecular formula is C11H8N2S. The second-order valence-corrected chi connectivity index (χ2v) is 3.32. The van der Waals surface area contributed by atoms with Gasteiger partial charge in [-0.3, -0.25) is 0 Å². The number of rotatable bonds is 1. The quantitative estimate of drug-likeness (QED) is 0.704. The smallest absolute Gasteiger partial charge is 0.101 e. The Hall–Kier alpha value is -1.66. The van der Waals surface area contributed by atoms with Gasteiger partial charge in [0.15, 0.2) is 0 Å². The first-order chi connectivity index (χ1) is 6.83. The summed E-state index contributed by atoms with van der Waals surface area (Å²) in [6, 6.07) is 13.4. The van der Waals surface area contributed by atoms with Gasteiger partial charge >= 0.3 is 0 Å². The van der Waals surface area contributed by atoms with E-state index in [1.165, 1.54) is 0 Å². The van der Waals surface area contributed by atoms with Gasteiger partial charge in [0.1, 0.15) is 6.07 Å². The van der Waals surface area contributed by atoms with E-state index in [4.69, 9.17) is 5.26 Å². The fourth-order valence-electron chi connectivity index (χ4n) is 1.35. The summed E-state index contributed by atoms with van der Waals surface area (Å²) in [4.78, 5) is 0. The zero-order chi connectivity index (χ0) is 9.97. The van der Waals surface area contributed by atoms with E-state index in [2.05, 4.69) is 18.7 Å². The van der Waals surface area contributed by atoms with Crippen molar-refractivity contribution in [3.8, 4) is 11.8 Å². The second-order valence-electron chi connectivity index (χ2n) is 2.87. The molecule has 1 aromatic heterocycles. The lowest BCUT2D eigenvalue weighted by molar-refractivity contribution is 0.956. The molecule has 0 saturated heterocycles. The number of hydrogen-bond acceptors (Lipinski definition) is 2. The van der Waals surface area contributed by atoms with Crippen LogP contribution in [0.3, 0.4) is 0 Å². The minimum absolute atomic E-state index is 0.652. The number of thiol groups is 1. The van der Waals surface area contributed by atoms with Crippen molar-refractivity contribution >= 4 is 12.6 Å². The van der Waals surface area contributed by atoms with Gasteiger partial charge in [0.05, 0.1) is 16.3 Å². The van der Waals surface area contributed by atoms with Gasteiger partial charge < -0.3 is 4.57 Å². The maximum Gasteiger partial charge on any atom is 0.101 e. The molecule has 2 nitrogen and oxygen atoms in total. The monoisotopic (exact) mass is 200 g/mol. The normalized spacial score (nSPS) is 9.71. The summed E-state index contributed by atoms with van der Waals surface area (Å²) >= 11 is 4.30. The third-order valence-corrected chi connectivity index (χ3v) is 2.38. The highest BCUT2D eigenvalue weighted by atomic mass is 32.1. The van der Waals surface area contributed by atoms with Gasteiger partial charge in [-0.25, -0.2) is 0 Å². The summed E-state index contributed by atoms with van der Waals surface area (Å²) in [7, 11) is 0. The van der Waals surface area contributed by atoms with Crippen LogP contribution in [0.4, 0.5) is 0 Å². The second kappa shape index (κ2) is 3.60. The molecule has 0 spiro atoms. The van der Waals surface area contributed by atoms with Gasteiger partial charge in [-0.05, 0) is 24.3 Å². The fourth-order valence-corrected chi connectivity index (χ4v) is 1.61. The van der Waals surface area contributed by atoms with Crippen LogP contribution in [-0.4, -0.2) is 4.57 Å². The SMILES string of the molecule is N#Cc1ccccc1-n1cccc1S. The number of para-hydroxylation sites is 1. The van der Waals surface area contributed by atoms with Gasteiger partial charge in [0.2, 0.25) is 0 Å². The van der Waals surface area contributed by atoms with Crippen molar-refractivity contribution in [3.63, 3.8) is 0 Å². The number of benzene rings is 1. The van der Waals surface area contributed by atoms with E-state index in [1.54, 1.807) is 6.07 Å². The van der Waals surface area contributed by atoms with Crippen molar-refractivity contribution in [1.82, 2.24) is 4.57 Å². The van der Waals surface area contributed by atoms with Gasteiger partial charge in [-0.15, -0.1) is 12.6 Å². The van der Waals surface area contributed by atoms with E-state index in [0.717, 1.165) is 10.7 Å². The van der Waals surface area contributed by atoms with Crippen LogP contribution in [-0.2, 0) is 0 Å². The molecule has 14 heavy (non-hydrogen) atoms. The zero-order valence-electron chi connectivity index (χ0n) is 7.38. The Morgan fingerprint density at radius 1 is 1.14 bits per heavy atom. The summed E-state index contributed by atoms with van der Waals surface area (Å²) < 4.78 is 1.88. The molecule has 0 fully saturated rings. The lowest BCUT2D eigenvalue weighted by Crippen LogP contribution is -1.95. The van der Waals surface area contributed by atoms with Crippen molar-refractivity contribution in [2.45, 2.75) is 5.03 Å². The van der Waals surface area contributed by atoms with E-state index >= 15 is 0 Å². The first-order valence-corrected chi connectivity index (χ1v) is 4.63. The molecule has 2 aromatic rings. The van der Waals surface area contributed by atoms with Gasteiger partial charge in [0.25, 0.3) is 0 Å². The van der Waals surface area contributed by atoms with Crippen LogP contribution in [0.15, 0.2) is 47.6 Å². The maximum absolute atomic E-state index is 8.92. The predicted octanol–water partition coefficient (Wildman–Crippen LogP) is 2.64. The molecule has 1 aromatic carbocycles. The molecule has 2 rings (SSSR count). The zero-order valence-corrected chi connectivity index (χ0v) is 8.28. The standard InChI is InChI=1S/C11H8N2S/c12-8-9-4-1-2-5-10(9)13-7-3-6-11(13)14/h1-7,14H. The van der Waals surface area contributed by atoms with Crippen LogP contribution in [0.25, 0.3) is 5.69 Å². The van der Waals surface area contributed by atoms with Crippen molar-refractivity contribution in [3.05, 3.63) is 48.2 Å². The highest BCUT2D eigenvalue weighted by Crippen LogP contribution is 2.18. The predicted molar refractivity (Wildman–Crippen MR) is 57.7 cm³/mol. The topological polar surface area (TPSA) is 28.7 Å². The van der Waals surface area contributed by atoms with Crippen LogP contribution >= 0.6 is 12.6 Å². The van der Waals surface area contributed by atoms with Crippen LogP contribution in [0.5, 0.6) is 0 Å². The first kappa shape index (κ1) is 8.92.